The molecule has 0 fully saturated rings. The molecule has 1 N–H and O–H groups in total. The molecule has 0 aliphatic carbocycles. The van der Waals surface area contributed by atoms with E-state index in [0.717, 1.165) is 17.2 Å². The molecule has 13 heteroatoms. The van der Waals surface area contributed by atoms with E-state index in [9.17, 15) is 22.8 Å². The number of carbonyl (C=O) groups excluding carboxylic acids is 1. The van der Waals surface area contributed by atoms with Crippen molar-refractivity contribution in [1.82, 2.24) is 34.3 Å². The van der Waals surface area contributed by atoms with Gasteiger partial charge in [-0.15, -0.1) is 0 Å². The molecular weight excluding hydrogens is 639 g/mol. The van der Waals surface area contributed by atoms with Gasteiger partial charge in [-0.25, -0.2) is 9.50 Å². The summed E-state index contributed by atoms with van der Waals surface area (Å²) in [5.41, 5.74) is 2.72. The SMILES string of the molecule is Cc1nc(-c2ccc(-n3c(=O)c4c(n5ncc(CC(C)C)c35)CN(C(=O)c3ccc(Br)c(C(F)(F)F)c3)C(C)C4)cc2)n[nH]1. The zero-order chi connectivity index (χ0) is 31.5. The highest BCUT2D eigenvalue weighted by Crippen LogP contribution is 2.36. The number of benzene rings is 2. The molecule has 2 aromatic carbocycles. The van der Waals surface area contributed by atoms with Crippen LogP contribution in [-0.4, -0.2) is 46.2 Å². The van der Waals surface area contributed by atoms with Gasteiger partial charge in [0.2, 0.25) is 0 Å². The minimum absolute atomic E-state index is 0.0191. The third kappa shape index (κ3) is 5.23. The van der Waals surface area contributed by atoms with Gasteiger partial charge in [0.15, 0.2) is 5.82 Å². The second kappa shape index (κ2) is 11.0. The molecule has 4 heterocycles. The number of rotatable bonds is 5. The van der Waals surface area contributed by atoms with Crippen molar-refractivity contribution in [1.29, 1.82) is 0 Å². The van der Waals surface area contributed by atoms with Gasteiger partial charge in [-0.05, 0) is 75.1 Å². The predicted octanol–water partition coefficient (Wildman–Crippen LogP) is 6.15. The van der Waals surface area contributed by atoms with Gasteiger partial charge in [-0.3, -0.25) is 19.3 Å². The number of aryl methyl sites for hydroxylation is 1. The molecular formula is C31H29BrF3N7O2. The molecule has 0 saturated carbocycles. The molecule has 9 nitrogen and oxygen atoms in total. The Morgan fingerprint density at radius 2 is 1.89 bits per heavy atom. The summed E-state index contributed by atoms with van der Waals surface area (Å²) in [6, 6.07) is 10.4. The fourth-order valence-electron chi connectivity index (χ4n) is 5.75. The fourth-order valence-corrected chi connectivity index (χ4v) is 6.22. The first-order valence-electron chi connectivity index (χ1n) is 14.1. The number of amides is 1. The third-order valence-electron chi connectivity index (χ3n) is 7.83. The van der Waals surface area contributed by atoms with Crippen molar-refractivity contribution in [3.8, 4) is 17.1 Å². The first-order chi connectivity index (χ1) is 20.8. The molecule has 44 heavy (non-hydrogen) atoms. The number of hydrogen-bond donors (Lipinski definition) is 1. The van der Waals surface area contributed by atoms with Crippen molar-refractivity contribution in [2.45, 2.75) is 59.3 Å². The first kappa shape index (κ1) is 29.8. The number of alkyl halides is 3. The van der Waals surface area contributed by atoms with E-state index in [4.69, 9.17) is 0 Å². The number of nitrogens with one attached hydrogen (secondary N) is 1. The summed E-state index contributed by atoms with van der Waals surface area (Å²) in [4.78, 5) is 33.8. The summed E-state index contributed by atoms with van der Waals surface area (Å²) in [6.45, 7) is 7.78. The van der Waals surface area contributed by atoms with E-state index in [2.05, 4.69) is 50.1 Å². The zero-order valence-electron chi connectivity index (χ0n) is 24.4. The van der Waals surface area contributed by atoms with E-state index in [1.165, 1.54) is 17.0 Å². The molecule has 1 aliphatic heterocycles. The molecule has 0 spiro atoms. The highest BCUT2D eigenvalue weighted by atomic mass is 79.9. The molecule has 3 aromatic heterocycles. The van der Waals surface area contributed by atoms with Crippen LogP contribution in [0.1, 0.15) is 59.3 Å². The molecule has 5 aromatic rings. The van der Waals surface area contributed by atoms with Crippen LogP contribution >= 0.6 is 15.9 Å². The number of halogens is 4. The number of fused-ring (bicyclic) bond motifs is 3. The maximum absolute atomic E-state index is 14.3. The van der Waals surface area contributed by atoms with Gasteiger partial charge in [0, 0.05) is 32.8 Å². The van der Waals surface area contributed by atoms with Crippen LogP contribution < -0.4 is 5.56 Å². The molecule has 228 valence electrons. The topological polar surface area (TPSA) is 101 Å². The van der Waals surface area contributed by atoms with Gasteiger partial charge in [0.05, 0.1) is 29.7 Å². The smallest absolute Gasteiger partial charge is 0.330 e. The normalized spacial score (nSPS) is 15.3. The van der Waals surface area contributed by atoms with Crippen molar-refractivity contribution < 1.29 is 18.0 Å². The monoisotopic (exact) mass is 667 g/mol. The van der Waals surface area contributed by atoms with Gasteiger partial charge in [-0.1, -0.05) is 29.8 Å². The third-order valence-corrected chi connectivity index (χ3v) is 8.53. The van der Waals surface area contributed by atoms with E-state index < -0.39 is 23.7 Å². The Balaban J connectivity index is 1.46. The van der Waals surface area contributed by atoms with E-state index in [1.807, 2.05) is 31.2 Å². The quantitative estimate of drug-likeness (QED) is 0.243. The van der Waals surface area contributed by atoms with Crippen molar-refractivity contribution in [2.75, 3.05) is 0 Å². The van der Waals surface area contributed by atoms with Crippen molar-refractivity contribution in [3.63, 3.8) is 0 Å². The van der Waals surface area contributed by atoms with Crippen LogP contribution in [0.5, 0.6) is 0 Å². The first-order valence-corrected chi connectivity index (χ1v) is 14.9. The summed E-state index contributed by atoms with van der Waals surface area (Å²) in [5, 5.41) is 11.7. The van der Waals surface area contributed by atoms with Crippen molar-refractivity contribution in [2.24, 2.45) is 5.92 Å². The Bertz CT molecular complexity index is 1960. The number of carbonyl (C=O) groups is 1. The fraction of sp³-hybridized carbons (Fsp3) is 0.323. The maximum Gasteiger partial charge on any atom is 0.417 e. The standard InChI is InChI=1S/C31H29BrF3N7O2/c1-16(2)11-21-14-36-42-26-15-40(29(43)20-7-10-25(32)24(13-20)31(33,34)35)17(3)12-23(26)30(44)41(28(21)42)22-8-5-19(6-9-22)27-37-18(4)38-39-27/h5-10,13-14,16-17H,11-12,15H2,1-4H3,(H,37,38,39). The lowest BCUT2D eigenvalue weighted by Crippen LogP contribution is -2.46. The number of hydrogen-bond acceptors (Lipinski definition) is 5. The second-order valence-electron chi connectivity index (χ2n) is 11.5. The lowest BCUT2D eigenvalue weighted by atomic mass is 9.97. The van der Waals surface area contributed by atoms with Crippen LogP contribution in [0.2, 0.25) is 0 Å². The molecule has 1 unspecified atom stereocenters. The average Bonchev–Trinajstić information content (AvgIpc) is 3.59. The number of nitrogens with zero attached hydrogens (tertiary/aromatic N) is 6. The van der Waals surface area contributed by atoms with Gasteiger partial charge >= 0.3 is 6.18 Å². The van der Waals surface area contributed by atoms with Gasteiger partial charge in [-0.2, -0.15) is 23.4 Å². The Kier molecular flexibility index (Phi) is 7.47. The molecule has 1 atom stereocenters. The molecule has 0 saturated heterocycles. The van der Waals surface area contributed by atoms with Gasteiger partial charge in [0.1, 0.15) is 11.5 Å². The van der Waals surface area contributed by atoms with E-state index in [1.54, 1.807) is 22.2 Å². The summed E-state index contributed by atoms with van der Waals surface area (Å²) < 4.78 is 44.0. The Morgan fingerprint density at radius 1 is 1.16 bits per heavy atom. The Labute approximate surface area is 258 Å². The molecule has 0 bridgehead atoms. The second-order valence-corrected chi connectivity index (χ2v) is 12.4. The van der Waals surface area contributed by atoms with Crippen molar-refractivity contribution in [3.05, 3.63) is 97.3 Å². The minimum Gasteiger partial charge on any atom is -0.330 e. The predicted molar refractivity (Wildman–Crippen MR) is 162 cm³/mol. The summed E-state index contributed by atoms with van der Waals surface area (Å²) in [7, 11) is 0. The van der Waals surface area contributed by atoms with Gasteiger partial charge < -0.3 is 4.90 Å². The van der Waals surface area contributed by atoms with Crippen LogP contribution in [0, 0.1) is 12.8 Å². The zero-order valence-corrected chi connectivity index (χ0v) is 26.0. The number of aromatic nitrogens is 6. The van der Waals surface area contributed by atoms with Crippen LogP contribution in [0.4, 0.5) is 13.2 Å². The highest BCUT2D eigenvalue weighted by Gasteiger charge is 2.36. The molecule has 6 rings (SSSR count). The average molecular weight is 669 g/mol. The van der Waals surface area contributed by atoms with Crippen LogP contribution in [-0.2, 0) is 25.6 Å². The van der Waals surface area contributed by atoms with E-state index >= 15 is 0 Å². The summed E-state index contributed by atoms with van der Waals surface area (Å²) in [6.07, 6.45) is -2.01. The lowest BCUT2D eigenvalue weighted by molar-refractivity contribution is -0.138. The Morgan fingerprint density at radius 3 is 2.52 bits per heavy atom. The number of aromatic amines is 1. The van der Waals surface area contributed by atoms with Crippen LogP contribution in [0.15, 0.2) is 57.9 Å². The van der Waals surface area contributed by atoms with Crippen LogP contribution in [0.25, 0.3) is 22.7 Å². The number of H-pyrrole nitrogens is 1. The van der Waals surface area contributed by atoms with E-state index in [-0.39, 0.29) is 34.5 Å². The summed E-state index contributed by atoms with van der Waals surface area (Å²) >= 11 is 2.94. The minimum atomic E-state index is -4.62. The highest BCUT2D eigenvalue weighted by molar-refractivity contribution is 9.10. The van der Waals surface area contributed by atoms with Crippen molar-refractivity contribution >= 4 is 27.5 Å². The summed E-state index contributed by atoms with van der Waals surface area (Å²) in [5.74, 6) is 0.966. The largest absolute Gasteiger partial charge is 0.417 e. The maximum atomic E-state index is 14.3. The lowest BCUT2D eigenvalue weighted by Gasteiger charge is -2.35. The van der Waals surface area contributed by atoms with Gasteiger partial charge in [0.25, 0.3) is 11.5 Å². The molecule has 1 amide bonds. The van der Waals surface area contributed by atoms with E-state index in [0.29, 0.717) is 40.7 Å². The molecule has 0 radical (unpaired) electrons. The van der Waals surface area contributed by atoms with Crippen LogP contribution in [0.3, 0.4) is 0 Å². The molecule has 1 aliphatic rings. The Hall–Kier alpha value is -4.26.